The Hall–Kier alpha value is -6.06. The molecular weight excluding hydrogens is 548 g/mol. The molecule has 210 valence electrons. The third-order valence-corrected chi connectivity index (χ3v) is 9.30. The van der Waals surface area contributed by atoms with Crippen LogP contribution in [0.3, 0.4) is 0 Å². The van der Waals surface area contributed by atoms with Crippen LogP contribution in [0.2, 0.25) is 0 Å². The van der Waals surface area contributed by atoms with E-state index in [1.165, 1.54) is 38.0 Å². The Bertz CT molecular complexity index is 2710. The fraction of sp³-hybridized carbons (Fsp3) is 0. The van der Waals surface area contributed by atoms with Gasteiger partial charge in [0.25, 0.3) is 0 Å². The normalized spacial score (nSPS) is 12.0. The predicted octanol–water partition coefficient (Wildman–Crippen LogP) is 11.4. The third kappa shape index (κ3) is 3.46. The zero-order valence-electron chi connectivity index (χ0n) is 24.3. The summed E-state index contributed by atoms with van der Waals surface area (Å²) in [5, 5.41) is 8.44. The van der Waals surface area contributed by atoms with Gasteiger partial charge in [0.05, 0.1) is 21.9 Å². The molecule has 0 saturated heterocycles. The summed E-state index contributed by atoms with van der Waals surface area (Å²) in [5.41, 5.74) is 9.88. The molecule has 0 amide bonds. The largest absolute Gasteiger partial charge is 0.438 e. The molecule has 10 aromatic rings. The van der Waals surface area contributed by atoms with Crippen molar-refractivity contribution in [3.05, 3.63) is 158 Å². The van der Waals surface area contributed by atoms with Crippen LogP contribution in [0.25, 0.3) is 88.1 Å². The molecule has 3 nitrogen and oxygen atoms in total. The first-order valence-electron chi connectivity index (χ1n) is 15.4. The molecular formula is C42H26N2O. The van der Waals surface area contributed by atoms with Gasteiger partial charge in [-0.15, -0.1) is 0 Å². The number of fused-ring (bicyclic) bond motifs is 9. The smallest absolute Gasteiger partial charge is 0.213 e. The van der Waals surface area contributed by atoms with Crippen LogP contribution in [0.1, 0.15) is 0 Å². The highest BCUT2D eigenvalue weighted by Gasteiger charge is 2.21. The average Bonchev–Trinajstić information content (AvgIpc) is 3.75. The molecule has 0 unspecified atom stereocenters. The number of nitrogens with zero attached hydrogens (tertiary/aromatic N) is 2. The molecule has 0 saturated carbocycles. The summed E-state index contributed by atoms with van der Waals surface area (Å²) < 4.78 is 11.4. The zero-order valence-corrected chi connectivity index (χ0v) is 24.3. The summed E-state index contributed by atoms with van der Waals surface area (Å²) in [6.07, 6.45) is 0. The molecule has 0 fully saturated rings. The van der Waals surface area contributed by atoms with Crippen molar-refractivity contribution < 1.29 is 4.42 Å². The molecule has 10 rings (SSSR count). The van der Waals surface area contributed by atoms with Crippen molar-refractivity contribution in [2.75, 3.05) is 0 Å². The van der Waals surface area contributed by atoms with E-state index in [-0.39, 0.29) is 0 Å². The van der Waals surface area contributed by atoms with E-state index in [4.69, 9.17) is 4.42 Å². The third-order valence-electron chi connectivity index (χ3n) is 9.30. The average molecular weight is 575 g/mol. The van der Waals surface area contributed by atoms with Gasteiger partial charge >= 0.3 is 0 Å². The van der Waals surface area contributed by atoms with Crippen molar-refractivity contribution in [2.45, 2.75) is 0 Å². The zero-order chi connectivity index (χ0) is 29.5. The topological polar surface area (TPSA) is 23.0 Å². The van der Waals surface area contributed by atoms with Crippen molar-refractivity contribution in [2.24, 2.45) is 0 Å². The number of aromatic nitrogens is 2. The lowest BCUT2D eigenvalue weighted by molar-refractivity contribution is 0.646. The van der Waals surface area contributed by atoms with Crippen molar-refractivity contribution >= 4 is 65.6 Å². The fourth-order valence-corrected chi connectivity index (χ4v) is 7.32. The maximum absolute atomic E-state index is 6.83. The van der Waals surface area contributed by atoms with Crippen LogP contribution in [-0.2, 0) is 0 Å². The summed E-state index contributed by atoms with van der Waals surface area (Å²) in [5.74, 6) is 0. The Morgan fingerprint density at radius 2 is 1.00 bits per heavy atom. The van der Waals surface area contributed by atoms with E-state index in [1.807, 2.05) is 0 Å². The van der Waals surface area contributed by atoms with E-state index in [0.717, 1.165) is 50.1 Å². The molecule has 0 aliphatic carbocycles. The minimum Gasteiger partial charge on any atom is -0.438 e. The monoisotopic (exact) mass is 574 g/mol. The van der Waals surface area contributed by atoms with Crippen LogP contribution < -0.4 is 0 Å². The first-order chi connectivity index (χ1) is 22.3. The molecule has 3 heterocycles. The van der Waals surface area contributed by atoms with Crippen LogP contribution in [0.15, 0.2) is 162 Å². The molecule has 7 aromatic carbocycles. The van der Waals surface area contributed by atoms with Crippen LogP contribution in [0.5, 0.6) is 0 Å². The van der Waals surface area contributed by atoms with E-state index in [9.17, 15) is 0 Å². The second-order valence-electron chi connectivity index (χ2n) is 11.8. The number of furan rings is 1. The highest BCUT2D eigenvalue weighted by molar-refractivity contribution is 6.21. The summed E-state index contributed by atoms with van der Waals surface area (Å²) in [7, 11) is 0. The Morgan fingerprint density at radius 3 is 1.76 bits per heavy atom. The van der Waals surface area contributed by atoms with Crippen molar-refractivity contribution in [3.63, 3.8) is 0 Å². The Labute approximate surface area is 258 Å². The SMILES string of the molecule is c1ccc(-n2c3ccccc3c3c4cccc(-c5ccc6cc(-n7c8ccccc8c8ccccc87)ccc6c5)c4oc32)cc1. The molecule has 0 radical (unpaired) electrons. The standard InChI is InChI=1S/C42H26N2O/c1-2-11-30(12-3-1)44-39-20-9-6-15-35(39)40-36-17-10-16-32(41(36)45-42(40)44)29-22-21-28-26-31(24-23-27(28)25-29)43-37-18-7-4-13-33(37)34-14-5-8-19-38(34)43/h1-26H. The van der Waals surface area contributed by atoms with Crippen molar-refractivity contribution in [1.82, 2.24) is 9.13 Å². The summed E-state index contributed by atoms with van der Waals surface area (Å²) in [6, 6.07) is 56.4. The summed E-state index contributed by atoms with van der Waals surface area (Å²) in [6.45, 7) is 0. The van der Waals surface area contributed by atoms with E-state index in [2.05, 4.69) is 167 Å². The lowest BCUT2D eigenvalue weighted by Crippen LogP contribution is -1.93. The number of rotatable bonds is 3. The molecule has 0 bridgehead atoms. The van der Waals surface area contributed by atoms with Gasteiger partial charge in [-0.05, 0) is 64.9 Å². The van der Waals surface area contributed by atoms with Gasteiger partial charge < -0.3 is 8.98 Å². The molecule has 3 aromatic heterocycles. The minimum absolute atomic E-state index is 0.876. The Morgan fingerprint density at radius 1 is 0.400 bits per heavy atom. The van der Waals surface area contributed by atoms with Gasteiger partial charge in [-0.3, -0.25) is 4.57 Å². The van der Waals surface area contributed by atoms with Crippen LogP contribution in [0, 0.1) is 0 Å². The second-order valence-corrected chi connectivity index (χ2v) is 11.8. The lowest BCUT2D eigenvalue weighted by Gasteiger charge is -2.11. The number of benzene rings is 7. The number of hydrogen-bond donors (Lipinski definition) is 0. The van der Waals surface area contributed by atoms with E-state index >= 15 is 0 Å². The Kier molecular flexibility index (Phi) is 5.00. The van der Waals surface area contributed by atoms with Gasteiger partial charge in [-0.2, -0.15) is 0 Å². The van der Waals surface area contributed by atoms with E-state index in [0.29, 0.717) is 0 Å². The quantitative estimate of drug-likeness (QED) is 0.206. The molecule has 0 atom stereocenters. The minimum atomic E-state index is 0.876. The van der Waals surface area contributed by atoms with Crippen LogP contribution in [-0.4, -0.2) is 9.13 Å². The van der Waals surface area contributed by atoms with E-state index < -0.39 is 0 Å². The van der Waals surface area contributed by atoms with Crippen molar-refractivity contribution in [3.8, 4) is 22.5 Å². The number of hydrogen-bond acceptors (Lipinski definition) is 1. The summed E-state index contributed by atoms with van der Waals surface area (Å²) in [4.78, 5) is 0. The van der Waals surface area contributed by atoms with Crippen molar-refractivity contribution in [1.29, 1.82) is 0 Å². The van der Waals surface area contributed by atoms with Gasteiger partial charge in [-0.1, -0.05) is 109 Å². The highest BCUT2D eigenvalue weighted by Crippen LogP contribution is 2.42. The van der Waals surface area contributed by atoms with Gasteiger partial charge in [0.1, 0.15) is 5.58 Å². The van der Waals surface area contributed by atoms with Crippen LogP contribution in [0.4, 0.5) is 0 Å². The van der Waals surface area contributed by atoms with Gasteiger partial charge in [0.2, 0.25) is 5.71 Å². The fourth-order valence-electron chi connectivity index (χ4n) is 7.32. The first kappa shape index (κ1) is 24.4. The molecule has 3 heteroatoms. The van der Waals surface area contributed by atoms with Gasteiger partial charge in [0.15, 0.2) is 0 Å². The van der Waals surface area contributed by atoms with Gasteiger partial charge in [0, 0.05) is 38.5 Å². The molecule has 45 heavy (non-hydrogen) atoms. The molecule has 0 N–H and O–H groups in total. The highest BCUT2D eigenvalue weighted by atomic mass is 16.3. The molecule has 0 aliphatic rings. The molecule has 0 aliphatic heterocycles. The van der Waals surface area contributed by atoms with Gasteiger partial charge in [-0.25, -0.2) is 0 Å². The predicted molar refractivity (Wildman–Crippen MR) is 188 cm³/mol. The number of para-hydroxylation sites is 5. The first-order valence-corrected chi connectivity index (χ1v) is 15.4. The lowest BCUT2D eigenvalue weighted by atomic mass is 9.99. The molecule has 0 spiro atoms. The maximum atomic E-state index is 6.83. The van der Waals surface area contributed by atoms with Crippen LogP contribution >= 0.6 is 0 Å². The second kappa shape index (κ2) is 9.22. The maximum Gasteiger partial charge on any atom is 0.213 e. The van der Waals surface area contributed by atoms with E-state index in [1.54, 1.807) is 0 Å². The Balaban J connectivity index is 1.15. The summed E-state index contributed by atoms with van der Waals surface area (Å²) >= 11 is 0.